The number of aromatic hydroxyl groups is 3. The average molecular weight is 439 g/mol. The molecule has 0 aliphatic rings. The number of carbonyl (C=O) groups is 2. The molecule has 0 aliphatic carbocycles. The molecule has 1 rings (SSSR count). The van der Waals surface area contributed by atoms with Gasteiger partial charge in [0.25, 0.3) is 0 Å². The number of aryl methyl sites for hydroxylation is 1. The van der Waals surface area contributed by atoms with E-state index < -0.39 is 22.8 Å². The molecule has 0 fully saturated rings. The van der Waals surface area contributed by atoms with Crippen molar-refractivity contribution in [3.63, 3.8) is 0 Å². The summed E-state index contributed by atoms with van der Waals surface area (Å²) in [6, 6.07) is 1.37. The van der Waals surface area contributed by atoms with E-state index in [1.54, 1.807) is 27.7 Å². The molecule has 0 saturated carbocycles. The molecule has 7 heteroatoms. The van der Waals surface area contributed by atoms with E-state index in [4.69, 9.17) is 5.11 Å². The number of phenols is 3. The van der Waals surface area contributed by atoms with Crippen LogP contribution >= 0.6 is 0 Å². The highest BCUT2D eigenvalue weighted by Crippen LogP contribution is 2.40. The largest absolute Gasteiger partial charge is 0.507 e. The number of hydrogen-bond donors (Lipinski definition) is 5. The standard InChI is InChI=1S/C24H38O7/c1-23(2,21(28)29)13-9-6-5-7-12-17-19(26)16(15-18(25)20(17)27)11-8-10-14-24(3,4)22(30)31/h15,25-27H,5-14H2,1-4H3,(H,28,29)(H,30,31). The summed E-state index contributed by atoms with van der Waals surface area (Å²) < 4.78 is 0. The van der Waals surface area contributed by atoms with Crippen molar-refractivity contribution >= 4 is 11.9 Å². The van der Waals surface area contributed by atoms with Crippen molar-refractivity contribution in [2.75, 3.05) is 0 Å². The Labute approximate surface area is 184 Å². The average Bonchev–Trinajstić information content (AvgIpc) is 2.67. The highest BCUT2D eigenvalue weighted by molar-refractivity contribution is 5.73. The molecule has 5 N–H and O–H groups in total. The highest BCUT2D eigenvalue weighted by atomic mass is 16.4. The van der Waals surface area contributed by atoms with Gasteiger partial charge in [-0.15, -0.1) is 0 Å². The minimum absolute atomic E-state index is 0.0141. The van der Waals surface area contributed by atoms with E-state index in [9.17, 15) is 30.0 Å². The summed E-state index contributed by atoms with van der Waals surface area (Å²) in [6.07, 6.45) is 6.48. The zero-order valence-electron chi connectivity index (χ0n) is 19.2. The normalized spacial score (nSPS) is 12.1. The van der Waals surface area contributed by atoms with Crippen LogP contribution < -0.4 is 0 Å². The van der Waals surface area contributed by atoms with Crippen LogP contribution in [0, 0.1) is 10.8 Å². The highest BCUT2D eigenvalue weighted by Gasteiger charge is 2.27. The minimum atomic E-state index is -0.841. The maximum Gasteiger partial charge on any atom is 0.309 e. The fraction of sp³-hybridized carbons (Fsp3) is 0.667. The molecule has 0 unspecified atom stereocenters. The molecule has 0 amide bonds. The van der Waals surface area contributed by atoms with Gasteiger partial charge in [0.05, 0.1) is 10.8 Å². The lowest BCUT2D eigenvalue weighted by molar-refractivity contribution is -0.148. The van der Waals surface area contributed by atoms with Crippen molar-refractivity contribution in [3.8, 4) is 17.2 Å². The molecule has 0 heterocycles. The van der Waals surface area contributed by atoms with E-state index in [1.165, 1.54) is 6.07 Å². The van der Waals surface area contributed by atoms with E-state index in [0.717, 1.165) is 19.3 Å². The maximum atomic E-state index is 11.2. The number of phenolic OH excluding ortho intramolecular Hbond substituents is 3. The van der Waals surface area contributed by atoms with Crippen LogP contribution in [0.2, 0.25) is 0 Å². The van der Waals surface area contributed by atoms with E-state index in [-0.39, 0.29) is 17.2 Å². The van der Waals surface area contributed by atoms with Crippen molar-refractivity contribution in [2.45, 2.75) is 91.9 Å². The van der Waals surface area contributed by atoms with Gasteiger partial charge < -0.3 is 25.5 Å². The molecule has 1 aromatic carbocycles. The van der Waals surface area contributed by atoms with Gasteiger partial charge in [0.1, 0.15) is 5.75 Å². The van der Waals surface area contributed by atoms with Crippen LogP contribution in [0.1, 0.15) is 90.2 Å². The van der Waals surface area contributed by atoms with Crippen LogP contribution in [0.3, 0.4) is 0 Å². The molecule has 0 radical (unpaired) electrons. The molecular weight excluding hydrogens is 400 g/mol. The molecule has 31 heavy (non-hydrogen) atoms. The SMILES string of the molecule is CC(C)(CCCCCCc1c(O)c(O)cc(CCCCC(C)(C)C(=O)O)c1O)C(=O)O. The molecule has 0 atom stereocenters. The van der Waals surface area contributed by atoms with Gasteiger partial charge in [-0.2, -0.15) is 0 Å². The number of benzene rings is 1. The molecule has 0 aromatic heterocycles. The van der Waals surface area contributed by atoms with E-state index in [0.29, 0.717) is 56.1 Å². The second kappa shape index (κ2) is 11.3. The predicted octanol–water partition coefficient (Wildman–Crippen LogP) is 5.23. The Morgan fingerprint density at radius 3 is 1.68 bits per heavy atom. The maximum absolute atomic E-state index is 11.2. The lowest BCUT2D eigenvalue weighted by Gasteiger charge is -2.19. The smallest absolute Gasteiger partial charge is 0.309 e. The molecule has 176 valence electrons. The summed E-state index contributed by atoms with van der Waals surface area (Å²) in [5, 5.41) is 49.1. The first kappa shape index (κ1) is 26.6. The van der Waals surface area contributed by atoms with E-state index in [1.807, 2.05) is 0 Å². The molecule has 0 saturated heterocycles. The molecule has 1 aromatic rings. The van der Waals surface area contributed by atoms with Crippen molar-refractivity contribution in [2.24, 2.45) is 10.8 Å². The molecule has 0 bridgehead atoms. The number of carboxylic acid groups (broad SMARTS) is 2. The lowest BCUT2D eigenvalue weighted by Crippen LogP contribution is -2.23. The Morgan fingerprint density at radius 1 is 0.710 bits per heavy atom. The summed E-state index contributed by atoms with van der Waals surface area (Å²) >= 11 is 0. The number of carboxylic acids is 2. The van der Waals surface area contributed by atoms with Crippen molar-refractivity contribution in [3.05, 3.63) is 17.2 Å². The van der Waals surface area contributed by atoms with Crippen LogP contribution in [0.25, 0.3) is 0 Å². The lowest BCUT2D eigenvalue weighted by atomic mass is 9.86. The minimum Gasteiger partial charge on any atom is -0.507 e. The number of aliphatic carboxylic acids is 2. The zero-order chi connectivity index (χ0) is 23.8. The molecule has 7 nitrogen and oxygen atoms in total. The molecule has 0 spiro atoms. The van der Waals surface area contributed by atoms with Gasteiger partial charge in [0, 0.05) is 5.56 Å². The van der Waals surface area contributed by atoms with Crippen LogP contribution in [-0.4, -0.2) is 37.5 Å². The number of unbranched alkanes of at least 4 members (excludes halogenated alkanes) is 4. The van der Waals surface area contributed by atoms with Crippen LogP contribution in [-0.2, 0) is 22.4 Å². The Morgan fingerprint density at radius 2 is 1.16 bits per heavy atom. The van der Waals surface area contributed by atoms with Gasteiger partial charge in [-0.1, -0.05) is 25.7 Å². The van der Waals surface area contributed by atoms with Gasteiger partial charge in [-0.25, -0.2) is 0 Å². The first-order valence-corrected chi connectivity index (χ1v) is 11.0. The first-order chi connectivity index (χ1) is 14.3. The van der Waals surface area contributed by atoms with Gasteiger partial charge in [0.15, 0.2) is 11.5 Å². The number of hydrogen-bond acceptors (Lipinski definition) is 5. The van der Waals surface area contributed by atoms with Gasteiger partial charge >= 0.3 is 11.9 Å². The number of rotatable bonds is 14. The third-order valence-corrected chi connectivity index (χ3v) is 6.06. The monoisotopic (exact) mass is 438 g/mol. The van der Waals surface area contributed by atoms with Gasteiger partial charge in [-0.05, 0) is 77.8 Å². The van der Waals surface area contributed by atoms with Crippen LogP contribution in [0.4, 0.5) is 0 Å². The Balaban J connectivity index is 2.59. The van der Waals surface area contributed by atoms with Gasteiger partial charge in [-0.3, -0.25) is 9.59 Å². The molecule has 0 aliphatic heterocycles. The Hall–Kier alpha value is -2.44. The fourth-order valence-corrected chi connectivity index (χ4v) is 3.51. The van der Waals surface area contributed by atoms with E-state index >= 15 is 0 Å². The Bertz CT molecular complexity index is 766. The summed E-state index contributed by atoms with van der Waals surface area (Å²) in [7, 11) is 0. The topological polar surface area (TPSA) is 135 Å². The third kappa shape index (κ3) is 7.96. The molecular formula is C24H38O7. The van der Waals surface area contributed by atoms with Crippen LogP contribution in [0.15, 0.2) is 6.07 Å². The van der Waals surface area contributed by atoms with Crippen molar-refractivity contribution in [1.29, 1.82) is 0 Å². The Kier molecular flexibility index (Phi) is 9.66. The second-order valence-electron chi connectivity index (χ2n) is 9.73. The van der Waals surface area contributed by atoms with Crippen molar-refractivity contribution in [1.82, 2.24) is 0 Å². The van der Waals surface area contributed by atoms with Gasteiger partial charge in [0.2, 0.25) is 0 Å². The summed E-state index contributed by atoms with van der Waals surface area (Å²) in [5.74, 6) is -2.23. The third-order valence-electron chi connectivity index (χ3n) is 6.06. The predicted molar refractivity (Wildman–Crippen MR) is 119 cm³/mol. The fourth-order valence-electron chi connectivity index (χ4n) is 3.51. The summed E-state index contributed by atoms with van der Waals surface area (Å²) in [6.45, 7) is 6.78. The van der Waals surface area contributed by atoms with Crippen LogP contribution in [0.5, 0.6) is 17.2 Å². The first-order valence-electron chi connectivity index (χ1n) is 11.0. The van der Waals surface area contributed by atoms with Crippen molar-refractivity contribution < 1.29 is 35.1 Å². The summed E-state index contributed by atoms with van der Waals surface area (Å²) in [5.41, 5.74) is -0.672. The second-order valence-corrected chi connectivity index (χ2v) is 9.73. The quantitative estimate of drug-likeness (QED) is 0.152. The van der Waals surface area contributed by atoms with E-state index in [2.05, 4.69) is 0 Å². The summed E-state index contributed by atoms with van der Waals surface area (Å²) in [4.78, 5) is 22.3. The zero-order valence-corrected chi connectivity index (χ0v) is 19.2.